The Bertz CT molecular complexity index is 246. The Labute approximate surface area is 76.5 Å². The van der Waals surface area contributed by atoms with Crippen LogP contribution in [0.2, 0.25) is 0 Å². The van der Waals surface area contributed by atoms with Crippen molar-refractivity contribution in [3.05, 3.63) is 18.4 Å². The average Bonchev–Trinajstić information content (AvgIpc) is 2.55. The van der Waals surface area contributed by atoms with Gasteiger partial charge in [0.25, 0.3) is 0 Å². The topological polar surface area (TPSA) is 67.2 Å². The number of hydrogen-bond donors (Lipinski definition) is 2. The van der Waals surface area contributed by atoms with Crippen LogP contribution in [0.3, 0.4) is 0 Å². The lowest BCUT2D eigenvalue weighted by molar-refractivity contribution is -0.118. The number of aromatic nitrogens is 1. The van der Waals surface area contributed by atoms with Crippen LogP contribution in [0.4, 0.5) is 0 Å². The lowest BCUT2D eigenvalue weighted by Crippen LogP contribution is -2.29. The maximum absolute atomic E-state index is 10.5. The number of oxazole rings is 1. The van der Waals surface area contributed by atoms with Crippen molar-refractivity contribution in [2.45, 2.75) is 13.5 Å². The minimum Gasteiger partial charge on any atom is -0.447 e. The van der Waals surface area contributed by atoms with Gasteiger partial charge in [-0.05, 0) is 0 Å². The fraction of sp³-hybridized carbons (Fsp3) is 0.500. The van der Waals surface area contributed by atoms with E-state index in [-0.39, 0.29) is 5.91 Å². The number of carbonyl (C=O) groups excluding carboxylic acids is 1. The molecule has 13 heavy (non-hydrogen) atoms. The Kier molecular flexibility index (Phi) is 3.98. The highest BCUT2D eigenvalue weighted by molar-refractivity contribution is 5.72. The lowest BCUT2D eigenvalue weighted by Gasteiger charge is -2.02. The second kappa shape index (κ2) is 5.31. The number of nitrogens with zero attached hydrogens (tertiary/aromatic N) is 1. The van der Waals surface area contributed by atoms with Crippen molar-refractivity contribution in [1.29, 1.82) is 0 Å². The summed E-state index contributed by atoms with van der Waals surface area (Å²) < 4.78 is 5.00. The van der Waals surface area contributed by atoms with Gasteiger partial charge in [-0.25, -0.2) is 4.98 Å². The molecule has 2 N–H and O–H groups in total. The van der Waals surface area contributed by atoms with Gasteiger partial charge in [0, 0.05) is 20.0 Å². The first kappa shape index (κ1) is 9.73. The van der Waals surface area contributed by atoms with Crippen molar-refractivity contribution in [2.24, 2.45) is 0 Å². The Morgan fingerprint density at radius 2 is 2.46 bits per heavy atom. The molecule has 0 spiro atoms. The molecule has 0 atom stereocenters. The molecule has 0 saturated heterocycles. The number of rotatable bonds is 5. The highest BCUT2D eigenvalue weighted by atomic mass is 16.3. The molecule has 1 amide bonds. The predicted octanol–water partition coefficient (Wildman–Crippen LogP) is -0.0997. The molecule has 0 unspecified atom stereocenters. The van der Waals surface area contributed by atoms with Crippen molar-refractivity contribution in [2.75, 3.05) is 13.1 Å². The van der Waals surface area contributed by atoms with Crippen LogP contribution in [-0.2, 0) is 11.3 Å². The number of amides is 1. The largest absolute Gasteiger partial charge is 0.447 e. The molecule has 0 aliphatic rings. The van der Waals surface area contributed by atoms with Gasteiger partial charge in [-0.15, -0.1) is 0 Å². The Hall–Kier alpha value is -1.36. The minimum atomic E-state index is -0.0125. The second-order valence-corrected chi connectivity index (χ2v) is 2.63. The van der Waals surface area contributed by atoms with E-state index < -0.39 is 0 Å². The molecule has 0 aliphatic carbocycles. The molecule has 1 rings (SSSR count). The van der Waals surface area contributed by atoms with Crippen molar-refractivity contribution in [3.8, 4) is 0 Å². The molecule has 1 aromatic heterocycles. The van der Waals surface area contributed by atoms with Gasteiger partial charge in [0.1, 0.15) is 5.76 Å². The standard InChI is InChI=1S/C8H13N3O2/c1-7(12)11-3-2-9-4-8-5-10-6-13-8/h5-6,9H,2-4H2,1H3,(H,11,12). The van der Waals surface area contributed by atoms with E-state index in [1.165, 1.54) is 13.3 Å². The maximum Gasteiger partial charge on any atom is 0.216 e. The fourth-order valence-electron chi connectivity index (χ4n) is 0.868. The second-order valence-electron chi connectivity index (χ2n) is 2.63. The first-order valence-electron chi connectivity index (χ1n) is 4.11. The van der Waals surface area contributed by atoms with E-state index in [4.69, 9.17) is 4.42 Å². The van der Waals surface area contributed by atoms with E-state index in [0.29, 0.717) is 13.1 Å². The third-order valence-electron chi connectivity index (χ3n) is 1.46. The Morgan fingerprint density at radius 3 is 3.08 bits per heavy atom. The van der Waals surface area contributed by atoms with Gasteiger partial charge in [0.15, 0.2) is 6.39 Å². The SMILES string of the molecule is CC(=O)NCCNCc1cnco1. The van der Waals surface area contributed by atoms with Crippen molar-refractivity contribution >= 4 is 5.91 Å². The monoisotopic (exact) mass is 183 g/mol. The summed E-state index contributed by atoms with van der Waals surface area (Å²) in [6.07, 6.45) is 3.05. The molecule has 5 heteroatoms. The summed E-state index contributed by atoms with van der Waals surface area (Å²) in [7, 11) is 0. The maximum atomic E-state index is 10.5. The predicted molar refractivity (Wildman–Crippen MR) is 46.9 cm³/mol. The normalized spacial score (nSPS) is 9.92. The van der Waals surface area contributed by atoms with Crippen LogP contribution in [-0.4, -0.2) is 24.0 Å². The highest BCUT2D eigenvalue weighted by Gasteiger charge is 1.94. The average molecular weight is 183 g/mol. The summed E-state index contributed by atoms with van der Waals surface area (Å²) in [4.78, 5) is 14.2. The van der Waals surface area contributed by atoms with Crippen LogP contribution in [0.5, 0.6) is 0 Å². The van der Waals surface area contributed by atoms with Gasteiger partial charge in [0.2, 0.25) is 5.91 Å². The summed E-state index contributed by atoms with van der Waals surface area (Å²) in [6, 6.07) is 0. The van der Waals surface area contributed by atoms with Crippen LogP contribution >= 0.6 is 0 Å². The molecule has 0 aliphatic heterocycles. The lowest BCUT2D eigenvalue weighted by atomic mass is 10.5. The van der Waals surface area contributed by atoms with Gasteiger partial charge in [-0.1, -0.05) is 0 Å². The van der Waals surface area contributed by atoms with Gasteiger partial charge in [-0.3, -0.25) is 4.79 Å². The molecule has 0 radical (unpaired) electrons. The molecule has 72 valence electrons. The van der Waals surface area contributed by atoms with E-state index in [2.05, 4.69) is 15.6 Å². The van der Waals surface area contributed by atoms with Crippen LogP contribution < -0.4 is 10.6 Å². The first-order chi connectivity index (χ1) is 6.29. The third kappa shape index (κ3) is 4.27. The van der Waals surface area contributed by atoms with Crippen molar-refractivity contribution in [1.82, 2.24) is 15.6 Å². The first-order valence-corrected chi connectivity index (χ1v) is 4.11. The minimum absolute atomic E-state index is 0.0125. The Morgan fingerprint density at radius 1 is 1.62 bits per heavy atom. The zero-order valence-electron chi connectivity index (χ0n) is 7.54. The van der Waals surface area contributed by atoms with E-state index in [9.17, 15) is 4.79 Å². The number of hydrogen-bond acceptors (Lipinski definition) is 4. The zero-order valence-corrected chi connectivity index (χ0v) is 7.54. The summed E-state index contributed by atoms with van der Waals surface area (Å²) in [5, 5.41) is 5.77. The third-order valence-corrected chi connectivity index (χ3v) is 1.46. The number of carbonyl (C=O) groups is 1. The van der Waals surface area contributed by atoms with Crippen LogP contribution in [0.15, 0.2) is 17.0 Å². The molecular weight excluding hydrogens is 170 g/mol. The van der Waals surface area contributed by atoms with E-state index in [1.807, 2.05) is 0 Å². The fourth-order valence-corrected chi connectivity index (χ4v) is 0.868. The molecular formula is C8H13N3O2. The molecule has 1 heterocycles. The molecule has 0 fully saturated rings. The zero-order chi connectivity index (χ0) is 9.52. The van der Waals surface area contributed by atoms with Gasteiger partial charge in [-0.2, -0.15) is 0 Å². The van der Waals surface area contributed by atoms with Crippen LogP contribution in [0, 0.1) is 0 Å². The highest BCUT2D eigenvalue weighted by Crippen LogP contribution is 1.93. The molecule has 0 saturated carbocycles. The molecule has 1 aromatic rings. The Balaban J connectivity index is 1.99. The van der Waals surface area contributed by atoms with Crippen molar-refractivity contribution in [3.63, 3.8) is 0 Å². The smallest absolute Gasteiger partial charge is 0.216 e. The van der Waals surface area contributed by atoms with E-state index in [0.717, 1.165) is 12.3 Å². The summed E-state index contributed by atoms with van der Waals surface area (Å²) in [5.74, 6) is 0.782. The summed E-state index contributed by atoms with van der Waals surface area (Å²) in [5.41, 5.74) is 0. The van der Waals surface area contributed by atoms with E-state index >= 15 is 0 Å². The summed E-state index contributed by atoms with van der Waals surface area (Å²) >= 11 is 0. The quantitative estimate of drug-likeness (QED) is 0.625. The van der Waals surface area contributed by atoms with Crippen LogP contribution in [0.25, 0.3) is 0 Å². The van der Waals surface area contributed by atoms with Crippen LogP contribution in [0.1, 0.15) is 12.7 Å². The molecule has 0 bridgehead atoms. The molecule has 0 aromatic carbocycles. The number of nitrogens with one attached hydrogen (secondary N) is 2. The van der Waals surface area contributed by atoms with E-state index in [1.54, 1.807) is 6.20 Å². The van der Waals surface area contributed by atoms with Gasteiger partial charge in [0.05, 0.1) is 12.7 Å². The summed E-state index contributed by atoms with van der Waals surface area (Å²) in [6.45, 7) is 3.49. The van der Waals surface area contributed by atoms with Gasteiger partial charge >= 0.3 is 0 Å². The molecule has 5 nitrogen and oxygen atoms in total. The van der Waals surface area contributed by atoms with Crippen molar-refractivity contribution < 1.29 is 9.21 Å². The van der Waals surface area contributed by atoms with Gasteiger partial charge < -0.3 is 15.1 Å².